The fourth-order valence-electron chi connectivity index (χ4n) is 4.27. The summed E-state index contributed by atoms with van der Waals surface area (Å²) in [5.74, 6) is -0.471. The molecule has 2 aromatic carbocycles. The Labute approximate surface area is 199 Å². The lowest BCUT2D eigenvalue weighted by Crippen LogP contribution is -2.44. The number of benzene rings is 2. The van der Waals surface area contributed by atoms with Crippen LogP contribution in [-0.4, -0.2) is 25.1 Å². The van der Waals surface area contributed by atoms with E-state index < -0.39 is 17.3 Å². The van der Waals surface area contributed by atoms with Crippen molar-refractivity contribution in [3.8, 4) is 11.8 Å². The number of anilines is 1. The van der Waals surface area contributed by atoms with Gasteiger partial charge >= 0.3 is 0 Å². The maximum atomic E-state index is 13.7. The Balaban J connectivity index is 2.04. The van der Waals surface area contributed by atoms with Gasteiger partial charge in [-0.2, -0.15) is 5.26 Å². The largest absolute Gasteiger partial charge is 0.392 e. The number of hydrogen-bond donors (Lipinski definition) is 2. The SMILES string of the molecule is Cc1c(N2C(=S)C(=N)C(C#N)(C(N)=S)C2c2ccc(F)cc2)c(=O)n(-c2ccccc2)n1C. The van der Waals surface area contributed by atoms with Gasteiger partial charge in [-0.1, -0.05) is 54.8 Å². The molecule has 1 aliphatic rings. The van der Waals surface area contributed by atoms with E-state index in [9.17, 15) is 14.4 Å². The first-order chi connectivity index (χ1) is 15.7. The predicted octanol–water partition coefficient (Wildman–Crippen LogP) is 3.33. The van der Waals surface area contributed by atoms with Gasteiger partial charge in [0, 0.05) is 7.05 Å². The summed E-state index contributed by atoms with van der Waals surface area (Å²) < 4.78 is 16.9. The smallest absolute Gasteiger partial charge is 0.295 e. The van der Waals surface area contributed by atoms with Gasteiger partial charge in [0.15, 0.2) is 5.41 Å². The van der Waals surface area contributed by atoms with Crippen molar-refractivity contribution in [3.05, 3.63) is 82.0 Å². The summed E-state index contributed by atoms with van der Waals surface area (Å²) >= 11 is 10.8. The van der Waals surface area contributed by atoms with Crippen molar-refractivity contribution in [2.24, 2.45) is 18.2 Å². The van der Waals surface area contributed by atoms with Crippen LogP contribution in [0.4, 0.5) is 10.1 Å². The molecule has 3 N–H and O–H groups in total. The maximum Gasteiger partial charge on any atom is 0.295 e. The highest BCUT2D eigenvalue weighted by atomic mass is 32.1. The second kappa shape index (κ2) is 8.03. The highest BCUT2D eigenvalue weighted by Gasteiger charge is 2.59. The van der Waals surface area contributed by atoms with Crippen molar-refractivity contribution in [1.29, 1.82) is 10.7 Å². The average Bonchev–Trinajstić information content (AvgIpc) is 3.16. The van der Waals surface area contributed by atoms with Gasteiger partial charge in [-0.25, -0.2) is 9.07 Å². The molecule has 3 aromatic rings. The van der Waals surface area contributed by atoms with Crippen LogP contribution in [0.2, 0.25) is 0 Å². The van der Waals surface area contributed by atoms with Crippen molar-refractivity contribution in [1.82, 2.24) is 9.36 Å². The van der Waals surface area contributed by atoms with Crippen LogP contribution in [0.25, 0.3) is 5.69 Å². The van der Waals surface area contributed by atoms with E-state index >= 15 is 0 Å². The first-order valence-electron chi connectivity index (χ1n) is 9.90. The number of thiocarbonyl (C=S) groups is 2. The zero-order valence-corrected chi connectivity index (χ0v) is 19.4. The van der Waals surface area contributed by atoms with Crippen LogP contribution >= 0.6 is 24.4 Å². The van der Waals surface area contributed by atoms with Crippen LogP contribution < -0.4 is 16.2 Å². The molecule has 2 atom stereocenters. The normalized spacial score (nSPS) is 20.2. The lowest BCUT2D eigenvalue weighted by atomic mass is 9.77. The molecule has 33 heavy (non-hydrogen) atoms. The van der Waals surface area contributed by atoms with E-state index in [4.69, 9.17) is 35.6 Å². The third-order valence-electron chi connectivity index (χ3n) is 6.01. The minimum atomic E-state index is -1.80. The van der Waals surface area contributed by atoms with Crippen molar-refractivity contribution < 1.29 is 4.39 Å². The van der Waals surface area contributed by atoms with Crippen molar-refractivity contribution >= 4 is 45.8 Å². The Bertz CT molecular complexity index is 1400. The van der Waals surface area contributed by atoms with Crippen LogP contribution in [0.15, 0.2) is 59.4 Å². The summed E-state index contributed by atoms with van der Waals surface area (Å²) in [7, 11) is 1.73. The molecule has 0 saturated carbocycles. The Morgan fingerprint density at radius 3 is 2.36 bits per heavy atom. The van der Waals surface area contributed by atoms with Gasteiger partial charge < -0.3 is 10.6 Å². The summed E-state index contributed by atoms with van der Waals surface area (Å²) in [6, 6.07) is 15.6. The van der Waals surface area contributed by atoms with Crippen molar-refractivity contribution in [2.75, 3.05) is 4.90 Å². The third-order valence-corrected chi connectivity index (χ3v) is 6.73. The van der Waals surface area contributed by atoms with Gasteiger partial charge in [0.25, 0.3) is 5.56 Å². The lowest BCUT2D eigenvalue weighted by Gasteiger charge is -2.32. The molecular weight excluding hydrogens is 459 g/mol. The van der Waals surface area contributed by atoms with Crippen molar-refractivity contribution in [3.63, 3.8) is 0 Å². The van der Waals surface area contributed by atoms with Gasteiger partial charge in [-0.05, 0) is 36.8 Å². The zero-order chi connectivity index (χ0) is 24.1. The molecular formula is C23H19FN6OS2. The molecule has 7 nitrogen and oxygen atoms in total. The molecule has 0 aliphatic carbocycles. The molecule has 0 amide bonds. The molecule has 1 fully saturated rings. The summed E-state index contributed by atoms with van der Waals surface area (Å²) in [5, 5.41) is 18.9. The average molecular weight is 479 g/mol. The van der Waals surface area contributed by atoms with Crippen molar-refractivity contribution in [2.45, 2.75) is 13.0 Å². The molecule has 1 aromatic heterocycles. The predicted molar refractivity (Wildman–Crippen MR) is 133 cm³/mol. The second-order valence-electron chi connectivity index (χ2n) is 7.70. The van der Waals surface area contributed by atoms with Gasteiger partial charge in [-0.3, -0.25) is 14.9 Å². The molecule has 0 radical (unpaired) electrons. The fraction of sp³-hybridized carbons (Fsp3) is 0.174. The van der Waals surface area contributed by atoms with E-state index in [-0.39, 0.29) is 26.9 Å². The summed E-state index contributed by atoms with van der Waals surface area (Å²) in [6.07, 6.45) is 0. The number of nitriles is 1. The highest BCUT2D eigenvalue weighted by molar-refractivity contribution is 7.82. The monoisotopic (exact) mass is 478 g/mol. The highest BCUT2D eigenvalue weighted by Crippen LogP contribution is 2.48. The topological polar surface area (TPSA) is 104 Å². The number of nitrogens with one attached hydrogen (secondary N) is 1. The van der Waals surface area contributed by atoms with Gasteiger partial charge in [0.1, 0.15) is 21.5 Å². The molecule has 0 spiro atoms. The molecule has 1 aliphatic heterocycles. The maximum absolute atomic E-state index is 13.7. The van der Waals surface area contributed by atoms with Crippen LogP contribution in [0.5, 0.6) is 0 Å². The number of para-hydroxylation sites is 1. The summed E-state index contributed by atoms with van der Waals surface area (Å²) in [5.41, 5.74) is 5.40. The van der Waals surface area contributed by atoms with Gasteiger partial charge in [-0.15, -0.1) is 0 Å². The number of rotatable bonds is 4. The number of halogens is 1. The van der Waals surface area contributed by atoms with Gasteiger partial charge in [0.05, 0.1) is 29.2 Å². The second-order valence-corrected chi connectivity index (χ2v) is 8.52. The Morgan fingerprint density at radius 1 is 1.21 bits per heavy atom. The molecule has 166 valence electrons. The third kappa shape index (κ3) is 3.12. The minimum absolute atomic E-state index is 0.0373. The van der Waals surface area contributed by atoms with E-state index in [2.05, 4.69) is 6.07 Å². The number of nitrogens with two attached hydrogens (primary N) is 1. The number of hydrogen-bond acceptors (Lipinski definition) is 5. The Morgan fingerprint density at radius 2 is 1.82 bits per heavy atom. The van der Waals surface area contributed by atoms with Crippen LogP contribution in [-0.2, 0) is 7.05 Å². The van der Waals surface area contributed by atoms with Crippen LogP contribution in [0.1, 0.15) is 17.3 Å². The van der Waals surface area contributed by atoms with Crippen LogP contribution in [0, 0.1) is 34.9 Å². The van der Waals surface area contributed by atoms with Gasteiger partial charge in [0.2, 0.25) is 0 Å². The number of nitrogens with zero attached hydrogens (tertiary/aromatic N) is 4. The first kappa shape index (κ1) is 22.5. The standard InChI is InChI=1S/C23H19FN6OS2/c1-13-17(20(31)30(28(13)2)16-6-4-3-5-7-16)29-19(14-8-10-15(24)11-9-14)23(12-25,22(27)33)18(26)21(29)32/h3-11,19,26H,1-2H3,(H2,27,33). The first-order valence-corrected chi connectivity index (χ1v) is 10.7. The summed E-state index contributed by atoms with van der Waals surface area (Å²) in [4.78, 5) is 14.9. The van der Waals surface area contributed by atoms with E-state index in [1.54, 1.807) is 30.8 Å². The lowest BCUT2D eigenvalue weighted by molar-refractivity contribution is 0.588. The molecule has 2 heterocycles. The quantitative estimate of drug-likeness (QED) is 0.558. The van der Waals surface area contributed by atoms with Crippen LogP contribution in [0.3, 0.4) is 0 Å². The van der Waals surface area contributed by atoms with E-state index in [0.29, 0.717) is 16.9 Å². The molecule has 2 unspecified atom stereocenters. The minimum Gasteiger partial charge on any atom is -0.392 e. The fourth-order valence-corrected chi connectivity index (χ4v) is 4.89. The summed E-state index contributed by atoms with van der Waals surface area (Å²) in [6.45, 7) is 1.75. The molecule has 1 saturated heterocycles. The zero-order valence-electron chi connectivity index (χ0n) is 17.7. The molecule has 0 bridgehead atoms. The molecule has 10 heteroatoms. The van der Waals surface area contributed by atoms with E-state index in [1.165, 1.54) is 33.8 Å². The molecule has 4 rings (SSSR count). The Hall–Kier alpha value is -3.68. The van der Waals surface area contributed by atoms with E-state index in [1.807, 2.05) is 18.2 Å². The number of aromatic nitrogens is 2. The Kier molecular flexibility index (Phi) is 5.47. The van der Waals surface area contributed by atoms with E-state index in [0.717, 1.165) is 0 Å².